The molecule has 0 saturated carbocycles. The number of unbranched alkanes of at least 4 members (excludes halogenated alkanes) is 1. The topological polar surface area (TPSA) is 88.1 Å². The number of anilines is 1. The summed E-state index contributed by atoms with van der Waals surface area (Å²) in [5.41, 5.74) is 8.84. The number of aromatic nitrogens is 4. The second-order valence-corrected chi connectivity index (χ2v) is 6.99. The van der Waals surface area contributed by atoms with E-state index in [0.29, 0.717) is 23.9 Å². The van der Waals surface area contributed by atoms with Gasteiger partial charge in [-0.15, -0.1) is 0 Å². The predicted molar refractivity (Wildman–Crippen MR) is 110 cm³/mol. The van der Waals surface area contributed by atoms with Crippen LogP contribution in [-0.4, -0.2) is 34.0 Å². The number of hydrogen-bond donors (Lipinski definition) is 1. The standard InChI is InChI=1S/C18H22IN5O2/c1-4-5-6-14-21-15-16(18(20)22-14)24(23-17(15)19)10-11-7-8-12(25-2)13(9-11)26-3/h7-9H,4-6,10H2,1-3H3,(H2,20,21,22). The van der Waals surface area contributed by atoms with Gasteiger partial charge in [0.2, 0.25) is 0 Å². The van der Waals surface area contributed by atoms with Gasteiger partial charge in [-0.1, -0.05) is 19.4 Å². The number of nitrogens with two attached hydrogens (primary N) is 1. The largest absolute Gasteiger partial charge is 0.493 e. The first-order valence-electron chi connectivity index (χ1n) is 8.46. The molecule has 0 unspecified atom stereocenters. The molecule has 0 fully saturated rings. The van der Waals surface area contributed by atoms with Crippen molar-refractivity contribution in [2.75, 3.05) is 20.0 Å². The molecule has 0 saturated heterocycles. The summed E-state index contributed by atoms with van der Waals surface area (Å²) in [5.74, 6) is 2.62. The number of nitrogens with zero attached hydrogens (tertiary/aromatic N) is 4. The van der Waals surface area contributed by atoms with Crippen molar-refractivity contribution in [3.63, 3.8) is 0 Å². The van der Waals surface area contributed by atoms with Gasteiger partial charge in [0, 0.05) is 6.42 Å². The van der Waals surface area contributed by atoms with Gasteiger partial charge in [0.15, 0.2) is 17.3 Å². The van der Waals surface area contributed by atoms with Crippen molar-refractivity contribution >= 4 is 39.4 Å². The zero-order valence-corrected chi connectivity index (χ0v) is 17.3. The Morgan fingerprint density at radius 2 is 1.92 bits per heavy atom. The molecule has 0 spiro atoms. The van der Waals surface area contributed by atoms with Crippen LogP contribution in [0, 0.1) is 3.70 Å². The number of nitrogen functional groups attached to an aromatic ring is 1. The van der Waals surface area contributed by atoms with Crippen molar-refractivity contribution in [1.82, 2.24) is 19.7 Å². The highest BCUT2D eigenvalue weighted by atomic mass is 127. The Morgan fingerprint density at radius 1 is 1.15 bits per heavy atom. The zero-order chi connectivity index (χ0) is 18.7. The molecule has 2 aromatic heterocycles. The van der Waals surface area contributed by atoms with Gasteiger partial charge in [-0.25, -0.2) is 9.97 Å². The van der Waals surface area contributed by atoms with E-state index in [4.69, 9.17) is 15.2 Å². The van der Waals surface area contributed by atoms with Gasteiger partial charge < -0.3 is 15.2 Å². The lowest BCUT2D eigenvalue weighted by atomic mass is 10.2. The Morgan fingerprint density at radius 3 is 2.62 bits per heavy atom. The fourth-order valence-electron chi connectivity index (χ4n) is 2.83. The van der Waals surface area contributed by atoms with Gasteiger partial charge in [0.25, 0.3) is 0 Å². The van der Waals surface area contributed by atoms with Gasteiger partial charge in [0.05, 0.1) is 20.8 Å². The minimum absolute atomic E-state index is 0.469. The summed E-state index contributed by atoms with van der Waals surface area (Å²) < 4.78 is 13.3. The maximum atomic E-state index is 6.24. The molecule has 0 aliphatic heterocycles. The fourth-order valence-corrected chi connectivity index (χ4v) is 3.47. The monoisotopic (exact) mass is 467 g/mol. The number of halogens is 1. The van der Waals surface area contributed by atoms with Crippen molar-refractivity contribution in [2.45, 2.75) is 32.7 Å². The third-order valence-electron chi connectivity index (χ3n) is 4.15. The molecule has 3 rings (SSSR count). The predicted octanol–water partition coefficient (Wildman–Crippen LogP) is 3.42. The number of aryl methyl sites for hydroxylation is 1. The molecular weight excluding hydrogens is 445 g/mol. The summed E-state index contributed by atoms with van der Waals surface area (Å²) in [6, 6.07) is 5.80. The zero-order valence-electron chi connectivity index (χ0n) is 15.1. The van der Waals surface area contributed by atoms with Crippen molar-refractivity contribution < 1.29 is 9.47 Å². The van der Waals surface area contributed by atoms with E-state index in [2.05, 4.69) is 44.6 Å². The van der Waals surface area contributed by atoms with Gasteiger partial charge >= 0.3 is 0 Å². The number of benzene rings is 1. The molecule has 0 atom stereocenters. The Balaban J connectivity index is 1.98. The van der Waals surface area contributed by atoms with Crippen molar-refractivity contribution in [1.29, 1.82) is 0 Å². The van der Waals surface area contributed by atoms with E-state index in [1.165, 1.54) is 0 Å². The minimum atomic E-state index is 0.469. The molecule has 0 aliphatic carbocycles. The summed E-state index contributed by atoms with van der Waals surface area (Å²) in [7, 11) is 3.24. The quantitative estimate of drug-likeness (QED) is 0.536. The lowest BCUT2D eigenvalue weighted by Crippen LogP contribution is -2.07. The lowest BCUT2D eigenvalue weighted by Gasteiger charge is -2.10. The third kappa shape index (κ3) is 3.69. The number of fused-ring (bicyclic) bond motifs is 1. The number of ether oxygens (including phenoxy) is 2. The van der Waals surface area contributed by atoms with Crippen LogP contribution >= 0.6 is 22.6 Å². The van der Waals surface area contributed by atoms with Crippen LogP contribution in [-0.2, 0) is 13.0 Å². The van der Waals surface area contributed by atoms with E-state index in [0.717, 1.165) is 45.4 Å². The summed E-state index contributed by atoms with van der Waals surface area (Å²) in [6.07, 6.45) is 2.96. The van der Waals surface area contributed by atoms with Crippen molar-refractivity contribution in [3.05, 3.63) is 33.3 Å². The highest BCUT2D eigenvalue weighted by Crippen LogP contribution is 2.29. The molecule has 138 valence electrons. The first-order valence-corrected chi connectivity index (χ1v) is 9.54. The molecule has 2 heterocycles. The van der Waals surface area contributed by atoms with E-state index in [1.54, 1.807) is 14.2 Å². The molecule has 3 aromatic rings. The molecule has 0 bridgehead atoms. The van der Waals surface area contributed by atoms with Crippen LogP contribution in [0.3, 0.4) is 0 Å². The summed E-state index contributed by atoms with van der Waals surface area (Å²) >= 11 is 2.20. The highest BCUT2D eigenvalue weighted by molar-refractivity contribution is 14.1. The maximum absolute atomic E-state index is 6.24. The normalized spacial score (nSPS) is 11.1. The molecular formula is C18H22IN5O2. The Kier molecular flexibility index (Phi) is 5.80. The van der Waals surface area contributed by atoms with Crippen molar-refractivity contribution in [2.24, 2.45) is 0 Å². The van der Waals surface area contributed by atoms with Gasteiger partial charge in [-0.3, -0.25) is 4.68 Å². The Hall–Kier alpha value is -2.10. The summed E-state index contributed by atoms with van der Waals surface area (Å²) in [4.78, 5) is 9.14. The third-order valence-corrected chi connectivity index (χ3v) is 4.88. The van der Waals surface area contributed by atoms with Crippen LogP contribution in [0.1, 0.15) is 31.2 Å². The molecule has 1 aromatic carbocycles. The number of hydrogen-bond acceptors (Lipinski definition) is 6. The highest BCUT2D eigenvalue weighted by Gasteiger charge is 2.16. The number of rotatable bonds is 7. The molecule has 0 amide bonds. The SMILES string of the molecule is CCCCc1nc(N)c2c(n1)c(I)nn2Cc1ccc(OC)c(OC)c1. The van der Waals surface area contributed by atoms with E-state index in [1.807, 2.05) is 22.9 Å². The first-order chi connectivity index (χ1) is 12.6. The number of methoxy groups -OCH3 is 2. The van der Waals surface area contributed by atoms with E-state index < -0.39 is 0 Å². The molecule has 26 heavy (non-hydrogen) atoms. The second-order valence-electron chi connectivity index (χ2n) is 5.96. The van der Waals surface area contributed by atoms with Crippen LogP contribution in [0.4, 0.5) is 5.82 Å². The summed E-state index contributed by atoms with van der Waals surface area (Å²) in [6.45, 7) is 2.69. The molecule has 7 nitrogen and oxygen atoms in total. The molecule has 8 heteroatoms. The smallest absolute Gasteiger partial charge is 0.161 e. The van der Waals surface area contributed by atoms with Gasteiger partial charge in [-0.2, -0.15) is 5.10 Å². The van der Waals surface area contributed by atoms with Crippen LogP contribution < -0.4 is 15.2 Å². The van der Waals surface area contributed by atoms with Crippen molar-refractivity contribution in [3.8, 4) is 11.5 Å². The Bertz CT molecular complexity index is 926. The van der Waals surface area contributed by atoms with Gasteiger partial charge in [-0.05, 0) is 46.7 Å². The van der Waals surface area contributed by atoms with Crippen LogP contribution in [0.15, 0.2) is 18.2 Å². The second kappa shape index (κ2) is 8.07. The average Bonchev–Trinajstić information content (AvgIpc) is 2.95. The van der Waals surface area contributed by atoms with E-state index in [-0.39, 0.29) is 0 Å². The molecule has 0 aliphatic rings. The van der Waals surface area contributed by atoms with Crippen LogP contribution in [0.2, 0.25) is 0 Å². The van der Waals surface area contributed by atoms with Gasteiger partial charge in [0.1, 0.15) is 20.6 Å². The molecule has 0 radical (unpaired) electrons. The lowest BCUT2D eigenvalue weighted by molar-refractivity contribution is 0.354. The minimum Gasteiger partial charge on any atom is -0.493 e. The average molecular weight is 467 g/mol. The molecule has 2 N–H and O–H groups in total. The van der Waals surface area contributed by atoms with E-state index >= 15 is 0 Å². The summed E-state index contributed by atoms with van der Waals surface area (Å²) in [5, 5.41) is 4.61. The van der Waals surface area contributed by atoms with E-state index in [9.17, 15) is 0 Å². The van der Waals surface area contributed by atoms with Crippen LogP contribution in [0.25, 0.3) is 11.0 Å². The maximum Gasteiger partial charge on any atom is 0.161 e. The Labute approximate surface area is 166 Å². The fraction of sp³-hybridized carbons (Fsp3) is 0.389. The van der Waals surface area contributed by atoms with Crippen LogP contribution in [0.5, 0.6) is 11.5 Å². The first kappa shape index (κ1) is 18.7.